The van der Waals surface area contributed by atoms with Crippen molar-refractivity contribution in [1.29, 1.82) is 5.26 Å². The molecule has 114 valence electrons. The number of aromatic nitrogens is 4. The van der Waals surface area contributed by atoms with Crippen molar-refractivity contribution in [2.24, 2.45) is 12.8 Å². The van der Waals surface area contributed by atoms with Crippen molar-refractivity contribution in [3.05, 3.63) is 53.4 Å². The van der Waals surface area contributed by atoms with Crippen molar-refractivity contribution in [3.8, 4) is 23.4 Å². The molecule has 0 saturated carbocycles. The molecule has 0 aromatic carbocycles. The van der Waals surface area contributed by atoms with E-state index in [1.165, 1.54) is 0 Å². The Morgan fingerprint density at radius 3 is 3.00 bits per heavy atom. The van der Waals surface area contributed by atoms with Crippen LogP contribution < -0.4 is 10.5 Å². The SMILES string of the molecule is Cn1cc([C@@H]2C(C#N)=C(N)Oc3n[nH]c(-c4ccco4)c32)cn1. The third-order valence-corrected chi connectivity index (χ3v) is 3.76. The number of allylic oxidation sites excluding steroid dienone is 1. The minimum atomic E-state index is -0.420. The first-order chi connectivity index (χ1) is 11.2. The summed E-state index contributed by atoms with van der Waals surface area (Å²) in [5.41, 5.74) is 8.40. The minimum absolute atomic E-state index is 0.0475. The van der Waals surface area contributed by atoms with E-state index in [1.54, 1.807) is 23.2 Å². The zero-order chi connectivity index (χ0) is 16.0. The highest BCUT2D eigenvalue weighted by atomic mass is 16.5. The largest absolute Gasteiger partial charge is 0.463 e. The van der Waals surface area contributed by atoms with Crippen LogP contribution in [0, 0.1) is 11.3 Å². The number of hydrogen-bond donors (Lipinski definition) is 2. The number of ether oxygens (including phenoxy) is 1. The van der Waals surface area contributed by atoms with Crippen molar-refractivity contribution in [3.63, 3.8) is 0 Å². The second-order valence-electron chi connectivity index (χ2n) is 5.17. The molecule has 0 spiro atoms. The van der Waals surface area contributed by atoms with Gasteiger partial charge in [0.25, 0.3) is 0 Å². The van der Waals surface area contributed by atoms with E-state index in [0.29, 0.717) is 28.5 Å². The molecular formula is C15H12N6O2. The molecule has 0 amide bonds. The number of aryl methyl sites for hydroxylation is 1. The van der Waals surface area contributed by atoms with Crippen LogP contribution in [0.1, 0.15) is 17.0 Å². The number of aromatic amines is 1. The fraction of sp³-hybridized carbons (Fsp3) is 0.133. The topological polar surface area (TPSA) is 119 Å². The number of furan rings is 1. The predicted molar refractivity (Wildman–Crippen MR) is 78.8 cm³/mol. The van der Waals surface area contributed by atoms with Gasteiger partial charge in [0.15, 0.2) is 5.76 Å². The van der Waals surface area contributed by atoms with E-state index in [2.05, 4.69) is 21.4 Å². The molecule has 0 aliphatic carbocycles. The second-order valence-corrected chi connectivity index (χ2v) is 5.17. The highest BCUT2D eigenvalue weighted by Crippen LogP contribution is 2.45. The number of nitrogens with two attached hydrogens (primary N) is 1. The molecule has 8 heteroatoms. The maximum atomic E-state index is 9.54. The summed E-state index contributed by atoms with van der Waals surface area (Å²) >= 11 is 0. The lowest BCUT2D eigenvalue weighted by Crippen LogP contribution is -2.20. The fourth-order valence-electron chi connectivity index (χ4n) is 2.78. The third kappa shape index (κ3) is 1.91. The second kappa shape index (κ2) is 4.78. The average Bonchev–Trinajstić information content (AvgIpc) is 3.25. The molecule has 0 bridgehead atoms. The summed E-state index contributed by atoms with van der Waals surface area (Å²) in [5.74, 6) is 0.568. The molecule has 3 N–H and O–H groups in total. The summed E-state index contributed by atoms with van der Waals surface area (Å²) in [7, 11) is 1.81. The number of nitrogens with one attached hydrogen (secondary N) is 1. The van der Waals surface area contributed by atoms with Gasteiger partial charge in [0, 0.05) is 18.8 Å². The van der Waals surface area contributed by atoms with E-state index in [1.807, 2.05) is 19.3 Å². The Hall–Kier alpha value is -3.47. The zero-order valence-electron chi connectivity index (χ0n) is 12.1. The Bertz CT molecular complexity index is 941. The normalized spacial score (nSPS) is 16.8. The highest BCUT2D eigenvalue weighted by molar-refractivity contribution is 5.67. The first kappa shape index (κ1) is 13.2. The van der Waals surface area contributed by atoms with E-state index in [9.17, 15) is 5.26 Å². The molecule has 4 rings (SSSR count). The number of nitrogens with zero attached hydrogens (tertiary/aromatic N) is 4. The maximum absolute atomic E-state index is 9.54. The van der Waals surface area contributed by atoms with Crippen molar-refractivity contribution < 1.29 is 9.15 Å². The number of H-pyrrole nitrogens is 1. The Morgan fingerprint density at radius 2 is 2.35 bits per heavy atom. The summed E-state index contributed by atoms with van der Waals surface area (Å²) < 4.78 is 12.6. The molecule has 0 fully saturated rings. The first-order valence-electron chi connectivity index (χ1n) is 6.87. The van der Waals surface area contributed by atoms with Crippen LogP contribution in [0.4, 0.5) is 0 Å². The molecule has 3 aromatic rings. The van der Waals surface area contributed by atoms with E-state index < -0.39 is 5.92 Å². The van der Waals surface area contributed by atoms with E-state index in [-0.39, 0.29) is 5.88 Å². The summed E-state index contributed by atoms with van der Waals surface area (Å²) in [6.07, 6.45) is 5.10. The summed E-state index contributed by atoms with van der Waals surface area (Å²) in [6, 6.07) is 5.72. The summed E-state index contributed by atoms with van der Waals surface area (Å²) in [6.45, 7) is 0. The maximum Gasteiger partial charge on any atom is 0.244 e. The highest BCUT2D eigenvalue weighted by Gasteiger charge is 2.36. The summed E-state index contributed by atoms with van der Waals surface area (Å²) in [4.78, 5) is 0. The Morgan fingerprint density at radius 1 is 1.48 bits per heavy atom. The van der Waals surface area contributed by atoms with E-state index in [4.69, 9.17) is 14.9 Å². The van der Waals surface area contributed by atoms with Crippen LogP contribution in [-0.4, -0.2) is 20.0 Å². The summed E-state index contributed by atoms with van der Waals surface area (Å²) in [5, 5.41) is 20.8. The molecule has 3 aromatic heterocycles. The van der Waals surface area contributed by atoms with Crippen molar-refractivity contribution >= 4 is 0 Å². The van der Waals surface area contributed by atoms with Gasteiger partial charge in [0.05, 0.1) is 23.9 Å². The molecule has 1 aliphatic rings. The molecule has 0 unspecified atom stereocenters. The molecule has 8 nitrogen and oxygen atoms in total. The lowest BCUT2D eigenvalue weighted by Gasteiger charge is -2.22. The van der Waals surface area contributed by atoms with Crippen LogP contribution in [0.5, 0.6) is 5.88 Å². The van der Waals surface area contributed by atoms with Crippen molar-refractivity contribution in [1.82, 2.24) is 20.0 Å². The van der Waals surface area contributed by atoms with Gasteiger partial charge >= 0.3 is 0 Å². The zero-order valence-corrected chi connectivity index (χ0v) is 12.1. The van der Waals surface area contributed by atoms with E-state index in [0.717, 1.165) is 5.56 Å². The Labute approximate surface area is 130 Å². The molecule has 0 radical (unpaired) electrons. The predicted octanol–water partition coefficient (Wildman–Crippen LogP) is 1.62. The molecule has 4 heterocycles. The molecule has 23 heavy (non-hydrogen) atoms. The van der Waals surface area contributed by atoms with Gasteiger partial charge in [0.2, 0.25) is 11.8 Å². The van der Waals surface area contributed by atoms with Gasteiger partial charge in [0.1, 0.15) is 17.3 Å². The van der Waals surface area contributed by atoms with Crippen LogP contribution in [0.2, 0.25) is 0 Å². The van der Waals surface area contributed by atoms with Gasteiger partial charge in [-0.25, -0.2) is 0 Å². The van der Waals surface area contributed by atoms with Crippen LogP contribution >= 0.6 is 0 Å². The Balaban J connectivity index is 1.96. The number of fused-ring (bicyclic) bond motifs is 1. The van der Waals surface area contributed by atoms with Crippen LogP contribution in [0.15, 0.2) is 46.7 Å². The van der Waals surface area contributed by atoms with Gasteiger partial charge < -0.3 is 14.9 Å². The van der Waals surface area contributed by atoms with Crippen molar-refractivity contribution in [2.75, 3.05) is 0 Å². The van der Waals surface area contributed by atoms with Crippen LogP contribution in [-0.2, 0) is 7.05 Å². The Kier molecular flexibility index (Phi) is 2.74. The fourth-order valence-corrected chi connectivity index (χ4v) is 2.78. The van der Waals surface area contributed by atoms with Gasteiger partial charge in [-0.3, -0.25) is 9.78 Å². The quantitative estimate of drug-likeness (QED) is 0.742. The lowest BCUT2D eigenvalue weighted by molar-refractivity contribution is 0.379. The number of hydrogen-bond acceptors (Lipinski definition) is 6. The molecule has 0 saturated heterocycles. The van der Waals surface area contributed by atoms with Gasteiger partial charge in [-0.1, -0.05) is 0 Å². The minimum Gasteiger partial charge on any atom is -0.463 e. The monoisotopic (exact) mass is 308 g/mol. The van der Waals surface area contributed by atoms with Crippen LogP contribution in [0.3, 0.4) is 0 Å². The first-order valence-corrected chi connectivity index (χ1v) is 6.87. The average molecular weight is 308 g/mol. The van der Waals surface area contributed by atoms with Crippen molar-refractivity contribution in [2.45, 2.75) is 5.92 Å². The van der Waals surface area contributed by atoms with Gasteiger partial charge in [-0.05, 0) is 12.1 Å². The van der Waals surface area contributed by atoms with Gasteiger partial charge in [-0.15, -0.1) is 5.10 Å². The lowest BCUT2D eigenvalue weighted by atomic mass is 9.85. The number of nitriles is 1. The number of rotatable bonds is 2. The standard InChI is InChI=1S/C15H12N6O2/c1-21-7-8(6-18-21)11-9(5-16)14(17)23-15-12(11)13(19-20-15)10-3-2-4-22-10/h2-4,6-7,11H,17H2,1H3,(H,19,20)/t11-/m1/s1. The molecule has 1 aliphatic heterocycles. The van der Waals surface area contributed by atoms with Crippen LogP contribution in [0.25, 0.3) is 11.5 Å². The molecule has 1 atom stereocenters. The smallest absolute Gasteiger partial charge is 0.244 e. The van der Waals surface area contributed by atoms with Gasteiger partial charge in [-0.2, -0.15) is 10.4 Å². The molecular weight excluding hydrogens is 296 g/mol. The van der Waals surface area contributed by atoms with E-state index >= 15 is 0 Å². The third-order valence-electron chi connectivity index (χ3n) is 3.76.